The van der Waals surface area contributed by atoms with Gasteiger partial charge >= 0.3 is 12.2 Å². The molecular weight excluding hydrogens is 1240 g/mol. The highest BCUT2D eigenvalue weighted by Gasteiger charge is 2.40. The van der Waals surface area contributed by atoms with Gasteiger partial charge in [0, 0.05) is 138 Å². The number of rotatable bonds is 8. The molecule has 4 saturated heterocycles. The highest BCUT2D eigenvalue weighted by molar-refractivity contribution is 7.80. The molecule has 0 bridgehead atoms. The number of benzene rings is 6. The van der Waals surface area contributed by atoms with Gasteiger partial charge in [-0.25, -0.2) is 9.59 Å². The SMILES string of the molecule is C1CCOC1.CC(C)(C)OC(=O)N1C[C@H](O)[C@H](c2ccccc2)C1.CC(C)(C)OC(=O)N1C[C@H](OC(=S)Nc2cccc3cnccc23)[C@H](c2ccccc2)C1.S=C(Nc1cccc2cnccc12)O[C@H]1CNC[C@H]1c1ccccc1.S=C=Nc1cccc2cnccc12. The molecule has 9 aromatic rings. The van der Waals surface area contributed by atoms with Gasteiger partial charge in [-0.2, -0.15) is 4.99 Å². The minimum atomic E-state index is -0.557. The molecule has 4 N–H and O–H groups in total. The summed E-state index contributed by atoms with van der Waals surface area (Å²) in [6.07, 6.45) is 11.8. The third kappa shape index (κ3) is 20.3. The fourth-order valence-corrected chi connectivity index (χ4v) is 11.8. The van der Waals surface area contributed by atoms with Crippen LogP contribution in [0.3, 0.4) is 0 Å². The molecule has 20 heteroatoms. The van der Waals surface area contributed by atoms with Gasteiger partial charge in [-0.1, -0.05) is 127 Å². The van der Waals surface area contributed by atoms with Crippen LogP contribution in [0.1, 0.15) is 88.8 Å². The second-order valence-electron chi connectivity index (χ2n) is 24.9. The summed E-state index contributed by atoms with van der Waals surface area (Å²) in [7, 11) is 0. The number of fused-ring (bicyclic) bond motifs is 3. The first kappa shape index (κ1) is 69.5. The monoisotopic (exact) mass is 1320 g/mol. The predicted molar refractivity (Wildman–Crippen MR) is 384 cm³/mol. The Labute approximate surface area is 566 Å². The number of β-amino-alcohol motifs (C(OH)–C–C–N with tert-alkyl or cyclic N) is 1. The molecule has 2 amide bonds. The molecule has 6 atom stereocenters. The topological polar surface area (TPSA) is 194 Å². The van der Waals surface area contributed by atoms with Crippen LogP contribution in [0.5, 0.6) is 0 Å². The van der Waals surface area contributed by atoms with Crippen LogP contribution in [-0.2, 0) is 23.7 Å². The molecule has 0 unspecified atom stereocenters. The van der Waals surface area contributed by atoms with E-state index in [4.69, 9.17) is 48.1 Å². The van der Waals surface area contributed by atoms with Gasteiger partial charge in [0.05, 0.1) is 30.0 Å². The number of amides is 2. The molecule has 0 radical (unpaired) electrons. The van der Waals surface area contributed by atoms with E-state index in [1.807, 2.05) is 193 Å². The van der Waals surface area contributed by atoms with Gasteiger partial charge < -0.3 is 54.5 Å². The van der Waals surface area contributed by atoms with Gasteiger partial charge in [-0.15, -0.1) is 0 Å². The second kappa shape index (κ2) is 33.8. The van der Waals surface area contributed by atoms with E-state index < -0.39 is 17.3 Å². The number of hydrogen-bond acceptors (Lipinski definition) is 16. The van der Waals surface area contributed by atoms with Crippen molar-refractivity contribution in [2.45, 2.75) is 102 Å². The van der Waals surface area contributed by atoms with E-state index in [0.29, 0.717) is 37.3 Å². The van der Waals surface area contributed by atoms with Crippen LogP contribution in [-0.4, -0.2) is 140 Å². The molecule has 4 fully saturated rings. The number of ether oxygens (including phenoxy) is 5. The van der Waals surface area contributed by atoms with Crippen molar-refractivity contribution in [1.82, 2.24) is 30.1 Å². The van der Waals surface area contributed by atoms with Crippen molar-refractivity contribution in [3.05, 3.63) is 218 Å². The second-order valence-corrected chi connectivity index (χ2v) is 25.8. The lowest BCUT2D eigenvalue weighted by molar-refractivity contribution is 0.0262. The first-order valence-corrected chi connectivity index (χ1v) is 32.7. The van der Waals surface area contributed by atoms with Gasteiger partial charge in [0.25, 0.3) is 10.3 Å². The van der Waals surface area contributed by atoms with Crippen molar-refractivity contribution in [3.8, 4) is 0 Å². The summed E-state index contributed by atoms with van der Waals surface area (Å²) in [6, 6.07) is 53.8. The van der Waals surface area contributed by atoms with E-state index in [1.54, 1.807) is 34.6 Å². The number of thiocarbonyl (C=S) groups is 3. The molecule has 6 aromatic carbocycles. The fourth-order valence-electron chi connectivity index (χ4n) is 11.3. The molecule has 0 saturated carbocycles. The maximum absolute atomic E-state index is 12.7. The maximum Gasteiger partial charge on any atom is 0.410 e. The van der Waals surface area contributed by atoms with Crippen molar-refractivity contribution in [1.29, 1.82) is 0 Å². The van der Waals surface area contributed by atoms with Crippen molar-refractivity contribution >= 4 is 114 Å². The van der Waals surface area contributed by atoms with Crippen LogP contribution in [0.25, 0.3) is 32.3 Å². The van der Waals surface area contributed by atoms with E-state index in [1.165, 1.54) is 18.4 Å². The lowest BCUT2D eigenvalue weighted by Gasteiger charge is -2.24. The van der Waals surface area contributed by atoms with Crippen molar-refractivity contribution in [3.63, 3.8) is 0 Å². The molecule has 94 heavy (non-hydrogen) atoms. The number of isothiocyanates is 1. The van der Waals surface area contributed by atoms with Gasteiger partial charge in [-0.05, 0) is 144 Å². The minimum absolute atomic E-state index is 0.0137. The quantitative estimate of drug-likeness (QED) is 0.0828. The Bertz CT molecular complexity index is 3980. The smallest absolute Gasteiger partial charge is 0.410 e. The highest BCUT2D eigenvalue weighted by atomic mass is 32.1. The lowest BCUT2D eigenvalue weighted by atomic mass is 9.96. The number of aliphatic hydroxyl groups is 1. The molecule has 17 nitrogen and oxygen atoms in total. The Kier molecular flexibility index (Phi) is 25.0. The average Bonchev–Trinajstić information content (AvgIpc) is 1.48. The third-order valence-corrected chi connectivity index (χ3v) is 16.2. The fraction of sp³-hybridized carbons (Fsp3) is 0.324. The number of nitrogens with zero attached hydrogens (tertiary/aromatic N) is 6. The number of aliphatic hydroxyl groups excluding tert-OH is 1. The van der Waals surface area contributed by atoms with Crippen molar-refractivity contribution in [2.24, 2.45) is 4.99 Å². The van der Waals surface area contributed by atoms with Gasteiger partial charge in [0.15, 0.2) is 0 Å². The standard InChI is InChI=1S/C25H27N3O3S.C20H19N3OS.C15H21NO3.C10H6N2S.C4H8O/c1-25(2,3)31-24(29)28-15-20(17-8-5-4-6-9-17)22(16-28)30-23(32)27-21-11-7-10-18-14-26-13-12-19(18)21;25-20(23-18-8-4-7-15-11-21-10-9-16(15)18)24-19-13-22-12-17(19)14-5-2-1-3-6-14;1-15(2,3)19-14(18)16-9-12(13(17)10-16)11-7-5-4-6-8-11;13-7-12-10-3-1-2-8-6-11-5-4-9(8)10;1-2-4-5-3-1/h4-14,20,22H,15-16H2,1-3H3,(H,27,32);1-11,17,19,22H,12-13H2,(H,23,25);4-8,12-13,17H,9-10H2,1-3H3;1-6H;1-4H2/t20-,22-;17-,19-;12-,13-;;/m000../s1. The largest absolute Gasteiger partial charge is 0.465 e. The van der Waals surface area contributed by atoms with E-state index in [2.05, 4.69) is 77.5 Å². The summed E-state index contributed by atoms with van der Waals surface area (Å²) in [6.45, 7) is 16.5. The molecule has 4 aliphatic heterocycles. The van der Waals surface area contributed by atoms with Crippen LogP contribution in [0, 0.1) is 0 Å². The van der Waals surface area contributed by atoms with Crippen molar-refractivity contribution < 1.29 is 38.4 Å². The summed E-state index contributed by atoms with van der Waals surface area (Å²) in [4.78, 5) is 44.3. The van der Waals surface area contributed by atoms with Crippen LogP contribution < -0.4 is 16.0 Å². The lowest BCUT2D eigenvalue weighted by Crippen LogP contribution is -2.36. The number of carbonyl (C=O) groups is 2. The number of aliphatic imine (C=N–C) groups is 1. The van der Waals surface area contributed by atoms with Crippen molar-refractivity contribution in [2.75, 3.05) is 63.1 Å². The molecular formula is C74H81N9O8S3. The van der Waals surface area contributed by atoms with E-state index >= 15 is 0 Å². The molecule has 13 rings (SSSR count). The van der Waals surface area contributed by atoms with E-state index in [0.717, 1.165) is 86.8 Å². The van der Waals surface area contributed by atoms with Crippen LogP contribution in [0.4, 0.5) is 26.7 Å². The Balaban J connectivity index is 0.000000150. The summed E-state index contributed by atoms with van der Waals surface area (Å²) in [5.41, 5.74) is 5.00. The van der Waals surface area contributed by atoms with E-state index in [-0.39, 0.29) is 41.4 Å². The van der Waals surface area contributed by atoms with Gasteiger partial charge in [-0.3, -0.25) is 15.0 Å². The predicted octanol–water partition coefficient (Wildman–Crippen LogP) is 15.2. The van der Waals surface area contributed by atoms with Crippen LogP contribution >= 0.6 is 36.7 Å². The van der Waals surface area contributed by atoms with E-state index in [9.17, 15) is 14.7 Å². The minimum Gasteiger partial charge on any atom is -0.465 e. The number of aromatic nitrogens is 3. The molecule has 0 aliphatic carbocycles. The normalized spacial score (nSPS) is 18.8. The Morgan fingerprint density at radius 3 is 1.46 bits per heavy atom. The molecule has 3 aromatic heterocycles. The first-order chi connectivity index (χ1) is 45.4. The number of likely N-dealkylation sites (tertiary alicyclic amines) is 2. The zero-order chi connectivity index (χ0) is 66.5. The molecule has 4 aliphatic rings. The summed E-state index contributed by atoms with van der Waals surface area (Å²) >= 11 is 15.6. The molecule has 7 heterocycles. The van der Waals surface area contributed by atoms with Crippen LogP contribution in [0.15, 0.2) is 206 Å². The summed E-state index contributed by atoms with van der Waals surface area (Å²) in [5, 5.41) is 29.3. The van der Waals surface area contributed by atoms with Crippen LogP contribution in [0.2, 0.25) is 0 Å². The molecule has 488 valence electrons. The number of anilines is 2. The average molecular weight is 1320 g/mol. The summed E-state index contributed by atoms with van der Waals surface area (Å²) < 4.78 is 28.1. The first-order valence-electron chi connectivity index (χ1n) is 31.5. The van der Waals surface area contributed by atoms with Gasteiger partial charge in [0.2, 0.25) is 0 Å². The Morgan fingerprint density at radius 1 is 0.543 bits per heavy atom. The molecule has 0 spiro atoms. The Hall–Kier alpha value is -8.85. The zero-order valence-corrected chi connectivity index (χ0v) is 56.3. The number of hydrogen-bond donors (Lipinski definition) is 4. The third-order valence-electron chi connectivity index (χ3n) is 15.7. The number of pyridine rings is 3. The zero-order valence-electron chi connectivity index (χ0n) is 53.8. The number of carbonyl (C=O) groups excluding carboxylic acids is 2. The van der Waals surface area contributed by atoms with Gasteiger partial charge in [0.1, 0.15) is 23.4 Å². The maximum atomic E-state index is 12.7. The summed E-state index contributed by atoms with van der Waals surface area (Å²) in [5.74, 6) is 0.256. The highest BCUT2D eigenvalue weighted by Crippen LogP contribution is 2.34. The number of nitrogens with one attached hydrogen (secondary N) is 3. The Morgan fingerprint density at radius 2 is 0.979 bits per heavy atom.